The van der Waals surface area contributed by atoms with E-state index in [0.29, 0.717) is 12.0 Å². The number of phenols is 1. The zero-order valence-electron chi connectivity index (χ0n) is 27.8. The van der Waals surface area contributed by atoms with Crippen LogP contribution in [0.5, 0.6) is 5.75 Å². The lowest BCUT2D eigenvalue weighted by Gasteiger charge is -2.38. The van der Waals surface area contributed by atoms with Crippen LogP contribution in [0.3, 0.4) is 0 Å². The Kier molecular flexibility index (Phi) is 13.3. The first-order valence-corrected chi connectivity index (χ1v) is 15.8. The molecule has 0 spiro atoms. The number of carbonyl (C=O) groups excluding carboxylic acids is 4. The quantitative estimate of drug-likeness (QED) is 0.183. The summed E-state index contributed by atoms with van der Waals surface area (Å²) < 4.78 is 11.0. The van der Waals surface area contributed by atoms with Gasteiger partial charge in [0.2, 0.25) is 11.8 Å². The largest absolute Gasteiger partial charge is 0.507 e. The third kappa shape index (κ3) is 11.3. The minimum Gasteiger partial charge on any atom is -0.507 e. The summed E-state index contributed by atoms with van der Waals surface area (Å²) in [6.07, 6.45) is -0.246. The van der Waals surface area contributed by atoms with E-state index < -0.39 is 59.2 Å². The van der Waals surface area contributed by atoms with Crippen molar-refractivity contribution in [1.82, 2.24) is 15.5 Å². The number of carbonyl (C=O) groups is 4. The number of nitrogens with one attached hydrogen (secondary N) is 2. The molecule has 45 heavy (non-hydrogen) atoms. The highest BCUT2D eigenvalue weighted by atomic mass is 32.1. The molecule has 4 unspecified atom stereocenters. The van der Waals surface area contributed by atoms with Crippen LogP contribution in [0.1, 0.15) is 84.5 Å². The van der Waals surface area contributed by atoms with Crippen molar-refractivity contribution >= 4 is 36.5 Å². The molecule has 0 saturated carbocycles. The minimum atomic E-state index is -1.38. The van der Waals surface area contributed by atoms with E-state index in [1.165, 1.54) is 4.90 Å². The summed E-state index contributed by atoms with van der Waals surface area (Å²) in [4.78, 5) is 56.1. The van der Waals surface area contributed by atoms with Crippen LogP contribution in [0.25, 0.3) is 0 Å². The molecular formula is C34H49N3O7S. The number of alkyl carbamates (subject to hydrolysis) is 1. The second-order valence-electron chi connectivity index (χ2n) is 13.1. The number of nitrogens with zero attached hydrogens (tertiary/aromatic N) is 1. The maximum atomic E-state index is 14.4. The van der Waals surface area contributed by atoms with Gasteiger partial charge in [0, 0.05) is 23.8 Å². The first-order valence-electron chi connectivity index (χ1n) is 15.2. The number of amides is 3. The fourth-order valence-corrected chi connectivity index (χ4v) is 4.84. The van der Waals surface area contributed by atoms with Gasteiger partial charge < -0.3 is 30.1 Å². The van der Waals surface area contributed by atoms with Gasteiger partial charge in [-0.2, -0.15) is 12.6 Å². The molecule has 0 aromatic heterocycles. The van der Waals surface area contributed by atoms with E-state index in [1.807, 2.05) is 37.3 Å². The number of thiol groups is 1. The van der Waals surface area contributed by atoms with Crippen LogP contribution in [0, 0.1) is 6.92 Å². The monoisotopic (exact) mass is 643 g/mol. The summed E-state index contributed by atoms with van der Waals surface area (Å²) in [7, 11) is 0. The lowest BCUT2D eigenvalue weighted by atomic mass is 9.96. The Morgan fingerprint density at radius 3 is 2.02 bits per heavy atom. The first kappa shape index (κ1) is 37.5. The number of ether oxygens (including phenoxy) is 2. The molecule has 0 aliphatic carbocycles. The Labute approximate surface area is 272 Å². The van der Waals surface area contributed by atoms with Crippen molar-refractivity contribution in [3.8, 4) is 5.75 Å². The molecule has 0 fully saturated rings. The minimum absolute atomic E-state index is 0.0896. The lowest BCUT2D eigenvalue weighted by molar-refractivity contribution is -0.159. The summed E-state index contributed by atoms with van der Waals surface area (Å²) in [6.45, 7) is 15.6. The number of benzene rings is 2. The van der Waals surface area contributed by atoms with Crippen molar-refractivity contribution < 1.29 is 33.8 Å². The van der Waals surface area contributed by atoms with Gasteiger partial charge in [0.1, 0.15) is 35.1 Å². The van der Waals surface area contributed by atoms with E-state index in [1.54, 1.807) is 73.6 Å². The SMILES string of the molecule is CCC(C)N(C(=O)C(CS)NC(=O)OC(C)(C)C)C(C(=O)NC(Cc1ccccc1)C(=O)OC(C)(C)C)c1cccc(C)c1O. The Morgan fingerprint density at radius 2 is 1.49 bits per heavy atom. The van der Waals surface area contributed by atoms with E-state index >= 15 is 0 Å². The lowest BCUT2D eigenvalue weighted by Crippen LogP contribution is -2.57. The highest BCUT2D eigenvalue weighted by Crippen LogP contribution is 2.34. The second kappa shape index (κ2) is 16.0. The maximum absolute atomic E-state index is 14.4. The van der Waals surface area contributed by atoms with Crippen molar-refractivity contribution in [2.24, 2.45) is 0 Å². The number of hydrogen-bond acceptors (Lipinski definition) is 8. The Balaban J connectivity index is 2.64. The number of hydrogen-bond donors (Lipinski definition) is 4. The van der Waals surface area contributed by atoms with Crippen molar-refractivity contribution in [2.45, 2.75) is 111 Å². The number of rotatable bonds is 12. The molecule has 3 amide bonds. The number of esters is 1. The topological polar surface area (TPSA) is 134 Å². The van der Waals surface area contributed by atoms with Crippen LogP contribution >= 0.6 is 12.6 Å². The fourth-order valence-electron chi connectivity index (χ4n) is 4.60. The van der Waals surface area contributed by atoms with Gasteiger partial charge in [-0.15, -0.1) is 0 Å². The van der Waals surface area contributed by atoms with E-state index in [9.17, 15) is 24.3 Å². The van der Waals surface area contributed by atoms with Crippen LogP contribution in [-0.4, -0.2) is 69.0 Å². The average molecular weight is 644 g/mol. The highest BCUT2D eigenvalue weighted by molar-refractivity contribution is 7.80. The summed E-state index contributed by atoms with van der Waals surface area (Å²) in [5.74, 6) is -2.21. The average Bonchev–Trinajstić information content (AvgIpc) is 2.94. The van der Waals surface area contributed by atoms with Crippen molar-refractivity contribution in [3.63, 3.8) is 0 Å². The van der Waals surface area contributed by atoms with Crippen LogP contribution in [-0.2, 0) is 30.3 Å². The van der Waals surface area contributed by atoms with Gasteiger partial charge in [-0.25, -0.2) is 9.59 Å². The fraction of sp³-hybridized carbons (Fsp3) is 0.529. The third-order valence-electron chi connectivity index (χ3n) is 6.87. The summed E-state index contributed by atoms with van der Waals surface area (Å²) in [5, 5.41) is 16.6. The normalized spacial score (nSPS) is 14.4. The molecule has 0 saturated heterocycles. The van der Waals surface area contributed by atoms with Crippen LogP contribution in [0.4, 0.5) is 4.79 Å². The van der Waals surface area contributed by atoms with Crippen molar-refractivity contribution in [3.05, 3.63) is 65.2 Å². The number of para-hydroxylation sites is 1. The number of aryl methyl sites for hydroxylation is 1. The number of aromatic hydroxyl groups is 1. The van der Waals surface area contributed by atoms with E-state index in [0.717, 1.165) is 5.56 Å². The van der Waals surface area contributed by atoms with Crippen molar-refractivity contribution in [1.29, 1.82) is 0 Å². The molecule has 2 aromatic rings. The molecule has 248 valence electrons. The smallest absolute Gasteiger partial charge is 0.408 e. The standard InChI is InChI=1S/C34H49N3O7S/c1-10-22(3)37(30(40)26(20-45)36-32(42)44-34(7,8)9)27(24-18-14-15-21(2)28(24)38)29(39)35-25(31(41)43-33(4,5)6)19-23-16-12-11-13-17-23/h11-18,22,25-27,38,45H,10,19-20H2,1-9H3,(H,35,39)(H,36,42). The van der Waals surface area contributed by atoms with Gasteiger partial charge in [0.15, 0.2) is 0 Å². The third-order valence-corrected chi connectivity index (χ3v) is 7.24. The van der Waals surface area contributed by atoms with E-state index in [-0.39, 0.29) is 23.5 Å². The van der Waals surface area contributed by atoms with Gasteiger partial charge in [-0.3, -0.25) is 9.59 Å². The summed E-state index contributed by atoms with van der Waals surface area (Å²) in [5.41, 5.74) is -0.186. The summed E-state index contributed by atoms with van der Waals surface area (Å²) >= 11 is 4.33. The Morgan fingerprint density at radius 1 is 0.889 bits per heavy atom. The molecule has 2 rings (SSSR count). The van der Waals surface area contributed by atoms with Gasteiger partial charge >= 0.3 is 12.1 Å². The van der Waals surface area contributed by atoms with Crippen LogP contribution < -0.4 is 10.6 Å². The van der Waals surface area contributed by atoms with Crippen LogP contribution in [0.15, 0.2) is 48.5 Å². The van der Waals surface area contributed by atoms with Gasteiger partial charge in [0.25, 0.3) is 0 Å². The van der Waals surface area contributed by atoms with E-state index in [2.05, 4.69) is 23.3 Å². The van der Waals surface area contributed by atoms with Crippen molar-refractivity contribution in [2.75, 3.05) is 5.75 Å². The Bertz CT molecular complexity index is 1320. The first-order chi connectivity index (χ1) is 20.9. The predicted molar refractivity (Wildman–Crippen MR) is 177 cm³/mol. The molecule has 0 aliphatic rings. The zero-order chi connectivity index (χ0) is 34.1. The molecule has 4 atom stereocenters. The molecule has 0 aliphatic heterocycles. The highest BCUT2D eigenvalue weighted by Gasteiger charge is 2.41. The molecular weight excluding hydrogens is 594 g/mol. The molecule has 2 aromatic carbocycles. The zero-order valence-corrected chi connectivity index (χ0v) is 28.7. The molecule has 10 nitrogen and oxygen atoms in total. The molecule has 0 radical (unpaired) electrons. The maximum Gasteiger partial charge on any atom is 0.408 e. The molecule has 0 bridgehead atoms. The van der Waals surface area contributed by atoms with Gasteiger partial charge in [0.05, 0.1) is 0 Å². The van der Waals surface area contributed by atoms with Gasteiger partial charge in [-0.05, 0) is 72.9 Å². The Hall–Kier alpha value is -3.73. The van der Waals surface area contributed by atoms with E-state index in [4.69, 9.17) is 9.47 Å². The van der Waals surface area contributed by atoms with Gasteiger partial charge in [-0.1, -0.05) is 55.5 Å². The molecule has 0 heterocycles. The van der Waals surface area contributed by atoms with Crippen LogP contribution in [0.2, 0.25) is 0 Å². The predicted octanol–water partition coefficient (Wildman–Crippen LogP) is 5.26. The summed E-state index contributed by atoms with van der Waals surface area (Å²) in [6, 6.07) is 9.91. The second-order valence-corrected chi connectivity index (χ2v) is 13.4. The molecule has 3 N–H and O–H groups in total. The molecule has 11 heteroatoms. The number of phenolic OH excluding ortho intramolecular Hbond substituents is 1.